The Morgan fingerprint density at radius 2 is 1.78 bits per heavy atom. The van der Waals surface area contributed by atoms with Gasteiger partial charge in [-0.2, -0.15) is 0 Å². The lowest BCUT2D eigenvalue weighted by molar-refractivity contribution is -0.121. The minimum atomic E-state index is -0.871. The van der Waals surface area contributed by atoms with Crippen LogP contribution in [0.3, 0.4) is 0 Å². The molecule has 0 aliphatic heterocycles. The van der Waals surface area contributed by atoms with Gasteiger partial charge in [-0.15, -0.1) is 0 Å². The van der Waals surface area contributed by atoms with Crippen LogP contribution in [-0.2, 0) is 11.2 Å². The first-order chi connectivity index (χ1) is 12.9. The molecule has 0 spiro atoms. The van der Waals surface area contributed by atoms with Crippen molar-refractivity contribution < 1.29 is 19.4 Å². The van der Waals surface area contributed by atoms with Crippen molar-refractivity contribution in [1.82, 2.24) is 5.32 Å². The van der Waals surface area contributed by atoms with E-state index in [0.717, 1.165) is 5.56 Å². The van der Waals surface area contributed by atoms with Crippen LogP contribution in [-0.4, -0.2) is 31.8 Å². The number of carbonyl (C=O) groups excluding carboxylic acids is 1. The zero-order chi connectivity index (χ0) is 19.8. The average Bonchev–Trinajstić information content (AvgIpc) is 2.70. The normalized spacial score (nSPS) is 11.9. The largest absolute Gasteiger partial charge is 0.497 e. The summed E-state index contributed by atoms with van der Waals surface area (Å²) in [5, 5.41) is 13.2. The molecule has 0 radical (unpaired) electrons. The molecule has 0 saturated carbocycles. The van der Waals surface area contributed by atoms with E-state index in [1.807, 2.05) is 0 Å². The van der Waals surface area contributed by atoms with Gasteiger partial charge >= 0.3 is 0 Å². The van der Waals surface area contributed by atoms with Crippen LogP contribution >= 0.6 is 0 Å². The number of methoxy groups -OCH3 is 2. The number of hydrogen-bond donors (Lipinski definition) is 2. The van der Waals surface area contributed by atoms with Gasteiger partial charge in [-0.3, -0.25) is 4.79 Å². The van der Waals surface area contributed by atoms with Crippen LogP contribution in [0.1, 0.15) is 49.0 Å². The van der Waals surface area contributed by atoms with Gasteiger partial charge in [0.2, 0.25) is 5.91 Å². The van der Waals surface area contributed by atoms with Crippen LogP contribution in [0.25, 0.3) is 0 Å². The molecule has 2 aromatic carbocycles. The third-order valence-corrected chi connectivity index (χ3v) is 4.58. The summed E-state index contributed by atoms with van der Waals surface area (Å²) < 4.78 is 10.5. The smallest absolute Gasteiger partial charge is 0.220 e. The Kier molecular flexibility index (Phi) is 7.67. The number of ether oxygens (including phenoxy) is 2. The van der Waals surface area contributed by atoms with E-state index in [-0.39, 0.29) is 12.5 Å². The number of benzene rings is 2. The van der Waals surface area contributed by atoms with Crippen LogP contribution in [0.4, 0.5) is 0 Å². The number of hydrogen-bond acceptors (Lipinski definition) is 4. The second kappa shape index (κ2) is 9.97. The summed E-state index contributed by atoms with van der Waals surface area (Å²) in [4.78, 5) is 12.1. The molecular formula is C22H29NO4. The van der Waals surface area contributed by atoms with Crippen molar-refractivity contribution in [3.8, 4) is 11.5 Å². The van der Waals surface area contributed by atoms with Gasteiger partial charge in [-0.25, -0.2) is 0 Å². The topological polar surface area (TPSA) is 67.8 Å². The number of aryl methyl sites for hydroxylation is 1. The highest BCUT2D eigenvalue weighted by Crippen LogP contribution is 2.29. The molecule has 0 aliphatic carbocycles. The maximum atomic E-state index is 12.1. The van der Waals surface area contributed by atoms with Gasteiger partial charge in [0.15, 0.2) is 0 Å². The maximum absolute atomic E-state index is 12.1. The fourth-order valence-electron chi connectivity index (χ4n) is 2.84. The van der Waals surface area contributed by atoms with Crippen molar-refractivity contribution in [1.29, 1.82) is 0 Å². The lowest BCUT2D eigenvalue weighted by atomic mass is 10.0. The maximum Gasteiger partial charge on any atom is 0.220 e. The van der Waals surface area contributed by atoms with Gasteiger partial charge in [0.1, 0.15) is 11.5 Å². The predicted octanol–water partition coefficient (Wildman–Crippen LogP) is 3.61. The summed E-state index contributed by atoms with van der Waals surface area (Å²) >= 11 is 0. The molecule has 2 N–H and O–H groups in total. The molecular weight excluding hydrogens is 342 g/mol. The highest BCUT2D eigenvalue weighted by molar-refractivity contribution is 5.76. The fraction of sp³-hybridized carbons (Fsp3) is 0.409. The van der Waals surface area contributed by atoms with Gasteiger partial charge in [0.05, 0.1) is 20.3 Å². The molecule has 0 saturated heterocycles. The van der Waals surface area contributed by atoms with E-state index < -0.39 is 6.10 Å². The lowest BCUT2D eigenvalue weighted by Crippen LogP contribution is -2.28. The first kappa shape index (κ1) is 20.8. The van der Waals surface area contributed by atoms with Gasteiger partial charge in [0, 0.05) is 18.5 Å². The van der Waals surface area contributed by atoms with Crippen molar-refractivity contribution in [2.45, 2.75) is 38.7 Å². The Hall–Kier alpha value is -2.53. The number of carbonyl (C=O) groups is 1. The molecule has 1 amide bonds. The van der Waals surface area contributed by atoms with Crippen LogP contribution in [0.5, 0.6) is 11.5 Å². The third kappa shape index (κ3) is 6.00. The summed E-state index contributed by atoms with van der Waals surface area (Å²) in [7, 11) is 3.11. The molecule has 1 unspecified atom stereocenters. The Labute approximate surface area is 161 Å². The number of nitrogens with one attached hydrogen (secondary N) is 1. The highest BCUT2D eigenvalue weighted by atomic mass is 16.5. The second-order valence-corrected chi connectivity index (χ2v) is 6.82. The molecule has 2 rings (SSSR count). The van der Waals surface area contributed by atoms with Gasteiger partial charge in [-0.1, -0.05) is 38.1 Å². The molecule has 27 heavy (non-hydrogen) atoms. The monoisotopic (exact) mass is 371 g/mol. The summed E-state index contributed by atoms with van der Waals surface area (Å²) in [5.74, 6) is 1.59. The minimum Gasteiger partial charge on any atom is -0.497 e. The van der Waals surface area contributed by atoms with Crippen LogP contribution in [0, 0.1) is 0 Å². The van der Waals surface area contributed by atoms with E-state index in [0.29, 0.717) is 35.8 Å². The molecule has 5 nitrogen and oxygen atoms in total. The molecule has 0 fully saturated rings. The van der Waals surface area contributed by atoms with E-state index >= 15 is 0 Å². The van der Waals surface area contributed by atoms with Crippen LogP contribution in [0.15, 0.2) is 42.5 Å². The van der Waals surface area contributed by atoms with Crippen LogP contribution < -0.4 is 14.8 Å². The summed E-state index contributed by atoms with van der Waals surface area (Å²) in [6.45, 7) is 4.44. The van der Waals surface area contributed by atoms with E-state index in [1.54, 1.807) is 32.4 Å². The average molecular weight is 371 g/mol. The number of aliphatic hydroxyl groups excluding tert-OH is 1. The van der Waals surface area contributed by atoms with E-state index in [9.17, 15) is 9.90 Å². The first-order valence-electron chi connectivity index (χ1n) is 9.20. The number of aliphatic hydroxyl groups is 1. The molecule has 0 aromatic heterocycles. The molecule has 5 heteroatoms. The zero-order valence-corrected chi connectivity index (χ0v) is 16.5. The van der Waals surface area contributed by atoms with Gasteiger partial charge in [0.25, 0.3) is 0 Å². The van der Waals surface area contributed by atoms with Crippen molar-refractivity contribution in [3.63, 3.8) is 0 Å². The minimum absolute atomic E-state index is 0.0937. The Bertz CT molecular complexity index is 740. The molecule has 146 valence electrons. The Morgan fingerprint density at radius 1 is 1.07 bits per heavy atom. The van der Waals surface area contributed by atoms with E-state index in [1.165, 1.54) is 5.56 Å². The van der Waals surface area contributed by atoms with Crippen molar-refractivity contribution >= 4 is 5.91 Å². The number of amides is 1. The first-order valence-corrected chi connectivity index (χ1v) is 9.20. The molecule has 0 aliphatic rings. The van der Waals surface area contributed by atoms with E-state index in [2.05, 4.69) is 43.4 Å². The third-order valence-electron chi connectivity index (χ3n) is 4.58. The Morgan fingerprint density at radius 3 is 2.37 bits per heavy atom. The Balaban J connectivity index is 1.86. The van der Waals surface area contributed by atoms with Crippen molar-refractivity contribution in [3.05, 3.63) is 59.2 Å². The fourth-order valence-corrected chi connectivity index (χ4v) is 2.84. The van der Waals surface area contributed by atoms with E-state index in [4.69, 9.17) is 9.47 Å². The molecule has 1 atom stereocenters. The SMILES string of the molecule is COc1ccc(OC)c(C(O)CNC(=O)CCc2ccc(C(C)C)cc2)c1. The highest BCUT2D eigenvalue weighted by Gasteiger charge is 2.15. The molecule has 0 heterocycles. The van der Waals surface area contributed by atoms with Gasteiger partial charge < -0.3 is 19.9 Å². The number of rotatable bonds is 9. The van der Waals surface area contributed by atoms with Gasteiger partial charge in [-0.05, 0) is 41.7 Å². The summed E-state index contributed by atoms with van der Waals surface area (Å²) in [5.41, 5.74) is 3.00. The lowest BCUT2D eigenvalue weighted by Gasteiger charge is -2.16. The standard InChI is InChI=1S/C22H29NO4/c1-15(2)17-8-5-16(6-9-17)7-12-22(25)23-14-20(24)19-13-18(26-3)10-11-21(19)27-4/h5-6,8-11,13,15,20,24H,7,12,14H2,1-4H3,(H,23,25). The van der Waals surface area contributed by atoms with Crippen molar-refractivity contribution in [2.75, 3.05) is 20.8 Å². The quantitative estimate of drug-likeness (QED) is 0.707. The van der Waals surface area contributed by atoms with Crippen LogP contribution in [0.2, 0.25) is 0 Å². The zero-order valence-electron chi connectivity index (χ0n) is 16.5. The molecule has 0 bridgehead atoms. The van der Waals surface area contributed by atoms with Crippen molar-refractivity contribution in [2.24, 2.45) is 0 Å². The second-order valence-electron chi connectivity index (χ2n) is 6.82. The summed E-state index contributed by atoms with van der Waals surface area (Å²) in [6.07, 6.45) is 0.176. The predicted molar refractivity (Wildman–Crippen MR) is 106 cm³/mol. The summed E-state index contributed by atoms with van der Waals surface area (Å²) in [6, 6.07) is 13.6. The molecule has 2 aromatic rings.